The lowest BCUT2D eigenvalue weighted by Gasteiger charge is -2.02. The normalized spacial score (nSPS) is 9.28. The number of carboxylic acids is 1. The summed E-state index contributed by atoms with van der Waals surface area (Å²) < 4.78 is 4.88. The fourth-order valence-electron chi connectivity index (χ4n) is 1.11. The average Bonchev–Trinajstić information content (AvgIpc) is 2.38. The number of rotatable bonds is 9. The van der Waals surface area contributed by atoms with Gasteiger partial charge in [-0.1, -0.05) is 39.0 Å². The molecule has 0 unspecified atom stereocenters. The second kappa shape index (κ2) is 16.6. The Balaban J connectivity index is 0. The van der Waals surface area contributed by atoms with Crippen LogP contribution in [0.3, 0.4) is 0 Å². The first-order chi connectivity index (χ1) is 8.58. The number of aliphatic carboxylic acids is 1. The largest absolute Gasteiger partial charge is 0.481 e. The number of thiol groups is 2. The van der Waals surface area contributed by atoms with Crippen LogP contribution in [-0.2, 0) is 14.3 Å². The molecule has 0 aromatic carbocycles. The van der Waals surface area contributed by atoms with Gasteiger partial charge < -0.3 is 9.84 Å². The second-order valence-corrected chi connectivity index (χ2v) is 4.33. The topological polar surface area (TPSA) is 63.6 Å². The van der Waals surface area contributed by atoms with E-state index in [-0.39, 0.29) is 17.5 Å². The van der Waals surface area contributed by atoms with Crippen LogP contribution in [0, 0.1) is 0 Å². The second-order valence-electron chi connectivity index (χ2n) is 3.70. The molecule has 0 rings (SSSR count). The van der Waals surface area contributed by atoms with Crippen LogP contribution in [0.4, 0.5) is 0 Å². The Labute approximate surface area is 120 Å². The van der Waals surface area contributed by atoms with Crippen molar-refractivity contribution in [2.75, 3.05) is 18.1 Å². The molecule has 0 atom stereocenters. The lowest BCUT2D eigenvalue weighted by atomic mass is 10.1. The number of unbranched alkanes of at least 4 members (excludes halogenated alkanes) is 5. The molecule has 0 aromatic heterocycles. The highest BCUT2D eigenvalue weighted by Crippen LogP contribution is 2.04. The molecule has 0 aliphatic heterocycles. The summed E-state index contributed by atoms with van der Waals surface area (Å²) in [5.74, 6) is -0.985. The number of ether oxygens (including phenoxy) is 1. The van der Waals surface area contributed by atoms with Crippen LogP contribution < -0.4 is 0 Å². The monoisotopic (exact) mass is 296 g/mol. The zero-order chi connectivity index (χ0) is 14.2. The van der Waals surface area contributed by atoms with Crippen molar-refractivity contribution in [1.82, 2.24) is 0 Å². The lowest BCUT2D eigenvalue weighted by molar-refractivity contribution is -0.140. The Morgan fingerprint density at radius 1 is 1.00 bits per heavy atom. The maximum Gasteiger partial charge on any atom is 0.315 e. The molecule has 0 spiro atoms. The van der Waals surface area contributed by atoms with E-state index in [1.54, 1.807) is 0 Å². The number of carbonyl (C=O) groups is 2. The van der Waals surface area contributed by atoms with E-state index >= 15 is 0 Å². The molecule has 0 amide bonds. The van der Waals surface area contributed by atoms with Gasteiger partial charge in [-0.05, 0) is 6.42 Å². The van der Waals surface area contributed by atoms with E-state index in [1.807, 2.05) is 0 Å². The van der Waals surface area contributed by atoms with E-state index in [1.165, 1.54) is 32.1 Å². The molecule has 0 bridgehead atoms. The molecule has 0 aromatic rings. The van der Waals surface area contributed by atoms with Crippen molar-refractivity contribution in [2.24, 2.45) is 0 Å². The summed E-state index contributed by atoms with van der Waals surface area (Å²) in [7, 11) is 0. The van der Waals surface area contributed by atoms with Gasteiger partial charge in [-0.3, -0.25) is 9.59 Å². The molecule has 0 radical (unpaired) electrons. The van der Waals surface area contributed by atoms with Crippen molar-refractivity contribution in [3.05, 3.63) is 0 Å². The molecular formula is C12H24O4S2. The molecule has 1 N–H and O–H groups in total. The van der Waals surface area contributed by atoms with E-state index in [0.29, 0.717) is 6.61 Å². The zero-order valence-corrected chi connectivity index (χ0v) is 12.7. The number of esters is 1. The Bertz CT molecular complexity index is 210. The molecule has 0 heterocycles. The van der Waals surface area contributed by atoms with E-state index < -0.39 is 5.97 Å². The lowest BCUT2D eigenvalue weighted by Crippen LogP contribution is -2.06. The number of hydrogen-bond donors (Lipinski definition) is 3. The van der Waals surface area contributed by atoms with Gasteiger partial charge in [0.15, 0.2) is 0 Å². The zero-order valence-electron chi connectivity index (χ0n) is 10.9. The van der Waals surface area contributed by atoms with E-state index in [2.05, 4.69) is 32.2 Å². The summed E-state index contributed by atoms with van der Waals surface area (Å²) in [6.07, 6.45) is 7.30. The fraction of sp³-hybridized carbons (Fsp3) is 0.833. The summed E-state index contributed by atoms with van der Waals surface area (Å²) in [5.41, 5.74) is 0. The highest BCUT2D eigenvalue weighted by Gasteiger charge is 1.97. The van der Waals surface area contributed by atoms with Crippen LogP contribution in [0.15, 0.2) is 0 Å². The van der Waals surface area contributed by atoms with Crippen molar-refractivity contribution in [2.45, 2.75) is 45.4 Å². The SMILES string of the molecule is CCCCCCCCOC(=O)CS.O=C(O)CS. The van der Waals surface area contributed by atoms with Crippen molar-refractivity contribution in [3.63, 3.8) is 0 Å². The smallest absolute Gasteiger partial charge is 0.315 e. The highest BCUT2D eigenvalue weighted by atomic mass is 32.1. The van der Waals surface area contributed by atoms with Gasteiger partial charge in [0.25, 0.3) is 0 Å². The molecule has 18 heavy (non-hydrogen) atoms. The number of carboxylic acid groups (broad SMARTS) is 1. The summed E-state index contributed by atoms with van der Waals surface area (Å²) in [6, 6.07) is 0. The summed E-state index contributed by atoms with van der Waals surface area (Å²) in [4.78, 5) is 19.9. The van der Waals surface area contributed by atoms with Crippen LogP contribution in [0.1, 0.15) is 45.4 Å². The van der Waals surface area contributed by atoms with Crippen LogP contribution in [0.25, 0.3) is 0 Å². The van der Waals surface area contributed by atoms with Gasteiger partial charge in [-0.25, -0.2) is 0 Å². The van der Waals surface area contributed by atoms with Crippen LogP contribution in [0.2, 0.25) is 0 Å². The third kappa shape index (κ3) is 21.0. The molecule has 0 saturated heterocycles. The van der Waals surface area contributed by atoms with Gasteiger partial charge in [0.1, 0.15) is 0 Å². The van der Waals surface area contributed by atoms with Crippen LogP contribution in [0.5, 0.6) is 0 Å². The van der Waals surface area contributed by atoms with E-state index in [4.69, 9.17) is 9.84 Å². The van der Waals surface area contributed by atoms with Crippen molar-refractivity contribution in [1.29, 1.82) is 0 Å². The first kappa shape index (κ1) is 20.0. The summed E-state index contributed by atoms with van der Waals surface area (Å²) in [5, 5.41) is 7.65. The minimum atomic E-state index is -0.881. The van der Waals surface area contributed by atoms with E-state index in [0.717, 1.165) is 6.42 Å². The van der Waals surface area contributed by atoms with Gasteiger partial charge in [-0.2, -0.15) is 25.3 Å². The van der Waals surface area contributed by atoms with Crippen LogP contribution in [-0.4, -0.2) is 35.2 Å². The van der Waals surface area contributed by atoms with Gasteiger partial charge in [0.2, 0.25) is 0 Å². The van der Waals surface area contributed by atoms with Crippen molar-refractivity contribution < 1.29 is 19.4 Å². The molecule has 108 valence electrons. The minimum absolute atomic E-state index is 0.0833. The minimum Gasteiger partial charge on any atom is -0.481 e. The number of carbonyl (C=O) groups excluding carboxylic acids is 1. The summed E-state index contributed by atoms with van der Waals surface area (Å²) in [6.45, 7) is 2.76. The first-order valence-corrected chi connectivity index (χ1v) is 7.44. The Hall–Kier alpha value is -0.360. The van der Waals surface area contributed by atoms with Crippen LogP contribution >= 0.6 is 25.3 Å². The predicted molar refractivity (Wildman–Crippen MR) is 79.7 cm³/mol. The third-order valence-electron chi connectivity index (χ3n) is 2.03. The van der Waals surface area contributed by atoms with Crippen molar-refractivity contribution >= 4 is 37.2 Å². The maximum atomic E-state index is 10.6. The molecule has 0 aliphatic rings. The van der Waals surface area contributed by atoms with Gasteiger partial charge in [-0.15, -0.1) is 0 Å². The van der Waals surface area contributed by atoms with Crippen molar-refractivity contribution in [3.8, 4) is 0 Å². The quantitative estimate of drug-likeness (QED) is 0.348. The standard InChI is InChI=1S/C10H20O2S.C2H4O2S/c1-2-3-4-5-6-7-8-12-10(11)9-13;3-2(4)1-5/h13H,2-9H2,1H3;5H,1H2,(H,3,4). The molecule has 6 heteroatoms. The Kier molecular flexibility index (Phi) is 18.5. The average molecular weight is 296 g/mol. The van der Waals surface area contributed by atoms with E-state index in [9.17, 15) is 9.59 Å². The number of hydrogen-bond acceptors (Lipinski definition) is 5. The highest BCUT2D eigenvalue weighted by molar-refractivity contribution is 7.81. The third-order valence-corrected chi connectivity index (χ3v) is 2.55. The maximum absolute atomic E-state index is 10.6. The molecule has 4 nitrogen and oxygen atoms in total. The molecule has 0 saturated carbocycles. The molecule has 0 aliphatic carbocycles. The van der Waals surface area contributed by atoms with Gasteiger partial charge >= 0.3 is 11.9 Å². The predicted octanol–water partition coefficient (Wildman–Crippen LogP) is 2.82. The molecular weight excluding hydrogens is 272 g/mol. The molecule has 0 fully saturated rings. The Morgan fingerprint density at radius 3 is 1.94 bits per heavy atom. The first-order valence-electron chi connectivity index (χ1n) is 6.17. The van der Waals surface area contributed by atoms with Gasteiger partial charge in [0, 0.05) is 0 Å². The van der Waals surface area contributed by atoms with Gasteiger partial charge in [0.05, 0.1) is 18.1 Å². The Morgan fingerprint density at radius 2 is 1.50 bits per heavy atom. The fourth-order valence-corrected chi connectivity index (χ4v) is 1.21. The summed E-state index contributed by atoms with van der Waals surface area (Å²) >= 11 is 7.23.